The normalized spacial score (nSPS) is 13.5. The largest absolute Gasteiger partial charge is 0.295 e. The second-order valence-electron chi connectivity index (χ2n) is 3.96. The smallest absolute Gasteiger partial charge is 0.248 e. The molecule has 0 aliphatic heterocycles. The lowest BCUT2D eigenvalue weighted by Crippen LogP contribution is -2.42. The minimum atomic E-state index is -0.141. The third kappa shape index (κ3) is 5.60. The summed E-state index contributed by atoms with van der Waals surface area (Å²) in [7, 11) is 1.93. The highest BCUT2D eigenvalue weighted by molar-refractivity contribution is 5.77. The molecule has 3 N–H and O–H groups in total. The topological polar surface area (TPSA) is 58.4 Å². The molecule has 4 heteroatoms. The van der Waals surface area contributed by atoms with Crippen LogP contribution >= 0.6 is 0 Å². The van der Waals surface area contributed by atoms with Gasteiger partial charge in [0.2, 0.25) is 5.91 Å². The summed E-state index contributed by atoms with van der Waals surface area (Å²) in [5.74, 6) is 5.51. The molecule has 0 fully saturated rings. The van der Waals surface area contributed by atoms with E-state index in [1.165, 1.54) is 0 Å². The van der Waals surface area contributed by atoms with Crippen LogP contribution in [0.1, 0.15) is 27.2 Å². The number of hydrogen-bond acceptors (Lipinski definition) is 3. The average molecular weight is 187 g/mol. The van der Waals surface area contributed by atoms with E-state index in [4.69, 9.17) is 5.84 Å². The molecular formula is C9H21N3O. The molecule has 0 aromatic carbocycles. The van der Waals surface area contributed by atoms with Crippen molar-refractivity contribution in [1.29, 1.82) is 0 Å². The standard InChI is InChI=1S/C9H21N3O/c1-7(2)5-8(3)12(4)6-9(13)11-10/h7-8H,5-6,10H2,1-4H3,(H,11,13). The Labute approximate surface area is 80.4 Å². The number of hydrazine groups is 1. The van der Waals surface area contributed by atoms with Crippen molar-refractivity contribution in [3.63, 3.8) is 0 Å². The van der Waals surface area contributed by atoms with Crippen LogP contribution in [0.15, 0.2) is 0 Å². The summed E-state index contributed by atoms with van der Waals surface area (Å²) >= 11 is 0. The number of hydrogen-bond donors (Lipinski definition) is 2. The fourth-order valence-corrected chi connectivity index (χ4v) is 1.29. The molecule has 0 aliphatic carbocycles. The quantitative estimate of drug-likeness (QED) is 0.371. The third-order valence-electron chi connectivity index (χ3n) is 2.12. The molecule has 0 radical (unpaired) electrons. The van der Waals surface area contributed by atoms with Gasteiger partial charge in [0.05, 0.1) is 6.54 Å². The van der Waals surface area contributed by atoms with Gasteiger partial charge in [0.15, 0.2) is 0 Å². The molecule has 13 heavy (non-hydrogen) atoms. The highest BCUT2D eigenvalue weighted by Crippen LogP contribution is 2.08. The van der Waals surface area contributed by atoms with E-state index in [-0.39, 0.29) is 5.91 Å². The number of likely N-dealkylation sites (N-methyl/N-ethyl adjacent to an activating group) is 1. The Hall–Kier alpha value is -0.610. The van der Waals surface area contributed by atoms with Crippen LogP contribution in [0.3, 0.4) is 0 Å². The number of nitrogens with one attached hydrogen (secondary N) is 1. The zero-order chi connectivity index (χ0) is 10.4. The van der Waals surface area contributed by atoms with Crippen molar-refractivity contribution in [1.82, 2.24) is 10.3 Å². The maximum Gasteiger partial charge on any atom is 0.248 e. The summed E-state index contributed by atoms with van der Waals surface area (Å²) in [6.07, 6.45) is 1.09. The van der Waals surface area contributed by atoms with Gasteiger partial charge in [-0.3, -0.25) is 15.1 Å². The van der Waals surface area contributed by atoms with Crippen molar-refractivity contribution in [2.45, 2.75) is 33.2 Å². The van der Waals surface area contributed by atoms with Crippen LogP contribution in [0, 0.1) is 5.92 Å². The Kier molecular flexibility index (Phi) is 5.66. The van der Waals surface area contributed by atoms with E-state index in [9.17, 15) is 4.79 Å². The van der Waals surface area contributed by atoms with Crippen molar-refractivity contribution >= 4 is 5.91 Å². The maximum absolute atomic E-state index is 10.9. The van der Waals surface area contributed by atoms with Crippen molar-refractivity contribution in [3.8, 4) is 0 Å². The Balaban J connectivity index is 3.81. The van der Waals surface area contributed by atoms with E-state index in [0.29, 0.717) is 18.5 Å². The lowest BCUT2D eigenvalue weighted by molar-refractivity contribution is -0.122. The first-order valence-corrected chi connectivity index (χ1v) is 4.67. The van der Waals surface area contributed by atoms with Crippen LogP contribution in [0.5, 0.6) is 0 Å². The monoisotopic (exact) mass is 187 g/mol. The maximum atomic E-state index is 10.9. The predicted molar refractivity (Wildman–Crippen MR) is 53.9 cm³/mol. The average Bonchev–Trinajstić information content (AvgIpc) is 2.02. The highest BCUT2D eigenvalue weighted by Gasteiger charge is 2.13. The lowest BCUT2D eigenvalue weighted by Gasteiger charge is -2.25. The van der Waals surface area contributed by atoms with Gasteiger partial charge in [-0.2, -0.15) is 0 Å². The van der Waals surface area contributed by atoms with E-state index >= 15 is 0 Å². The van der Waals surface area contributed by atoms with Gasteiger partial charge in [-0.15, -0.1) is 0 Å². The molecule has 0 spiro atoms. The summed E-state index contributed by atoms with van der Waals surface area (Å²) in [5, 5.41) is 0. The molecule has 0 saturated heterocycles. The molecule has 0 aliphatic rings. The van der Waals surface area contributed by atoms with E-state index in [1.54, 1.807) is 0 Å². The second kappa shape index (κ2) is 5.94. The summed E-state index contributed by atoms with van der Waals surface area (Å²) in [5.41, 5.74) is 2.12. The SMILES string of the molecule is CC(C)CC(C)N(C)CC(=O)NN. The van der Waals surface area contributed by atoms with Gasteiger partial charge < -0.3 is 0 Å². The van der Waals surface area contributed by atoms with Gasteiger partial charge in [0, 0.05) is 6.04 Å². The summed E-state index contributed by atoms with van der Waals surface area (Å²) in [4.78, 5) is 12.9. The number of rotatable bonds is 5. The van der Waals surface area contributed by atoms with Crippen molar-refractivity contribution in [2.75, 3.05) is 13.6 Å². The van der Waals surface area contributed by atoms with Crippen molar-refractivity contribution in [3.05, 3.63) is 0 Å². The molecular weight excluding hydrogens is 166 g/mol. The first kappa shape index (κ1) is 12.4. The molecule has 0 aromatic rings. The molecule has 0 heterocycles. The van der Waals surface area contributed by atoms with Crippen molar-refractivity contribution in [2.24, 2.45) is 11.8 Å². The summed E-state index contributed by atoms with van der Waals surface area (Å²) in [6, 6.07) is 0.414. The minimum absolute atomic E-state index is 0.141. The van der Waals surface area contributed by atoms with Crippen LogP contribution < -0.4 is 11.3 Å². The van der Waals surface area contributed by atoms with Gasteiger partial charge >= 0.3 is 0 Å². The molecule has 1 unspecified atom stereocenters. The molecule has 0 rings (SSSR count). The number of carbonyl (C=O) groups is 1. The van der Waals surface area contributed by atoms with Crippen molar-refractivity contribution < 1.29 is 4.79 Å². The fraction of sp³-hybridized carbons (Fsp3) is 0.889. The van der Waals surface area contributed by atoms with E-state index in [2.05, 4.69) is 26.2 Å². The fourth-order valence-electron chi connectivity index (χ4n) is 1.29. The van der Waals surface area contributed by atoms with Crippen LogP contribution in [0.4, 0.5) is 0 Å². The first-order chi connectivity index (χ1) is 5.97. The Morgan fingerprint density at radius 1 is 1.46 bits per heavy atom. The van der Waals surface area contributed by atoms with Crippen LogP contribution in [-0.4, -0.2) is 30.4 Å². The number of amides is 1. The number of nitrogens with zero attached hydrogens (tertiary/aromatic N) is 1. The van der Waals surface area contributed by atoms with Gasteiger partial charge in [-0.05, 0) is 26.3 Å². The summed E-state index contributed by atoms with van der Waals surface area (Å²) < 4.78 is 0. The number of nitrogens with two attached hydrogens (primary N) is 1. The number of carbonyl (C=O) groups excluding carboxylic acids is 1. The van der Waals surface area contributed by atoms with Gasteiger partial charge in [0.25, 0.3) is 0 Å². The van der Waals surface area contributed by atoms with E-state index < -0.39 is 0 Å². The molecule has 0 bridgehead atoms. The summed E-state index contributed by atoms with van der Waals surface area (Å²) in [6.45, 7) is 6.83. The molecule has 1 atom stereocenters. The Morgan fingerprint density at radius 3 is 2.38 bits per heavy atom. The molecule has 0 aromatic heterocycles. The zero-order valence-corrected chi connectivity index (χ0v) is 9.00. The van der Waals surface area contributed by atoms with E-state index in [0.717, 1.165) is 6.42 Å². The van der Waals surface area contributed by atoms with Crippen LogP contribution in [0.25, 0.3) is 0 Å². The molecule has 4 nitrogen and oxygen atoms in total. The van der Waals surface area contributed by atoms with Crippen LogP contribution in [0.2, 0.25) is 0 Å². The minimum Gasteiger partial charge on any atom is -0.295 e. The first-order valence-electron chi connectivity index (χ1n) is 4.67. The van der Waals surface area contributed by atoms with Gasteiger partial charge in [-0.25, -0.2) is 5.84 Å². The van der Waals surface area contributed by atoms with Gasteiger partial charge in [0.1, 0.15) is 0 Å². The molecule has 0 saturated carbocycles. The molecule has 78 valence electrons. The van der Waals surface area contributed by atoms with Crippen LogP contribution in [-0.2, 0) is 4.79 Å². The second-order valence-corrected chi connectivity index (χ2v) is 3.96. The Morgan fingerprint density at radius 2 is 2.00 bits per heavy atom. The lowest BCUT2D eigenvalue weighted by atomic mass is 10.0. The highest BCUT2D eigenvalue weighted by atomic mass is 16.2. The zero-order valence-electron chi connectivity index (χ0n) is 9.00. The predicted octanol–water partition coefficient (Wildman–Crippen LogP) is 0.343. The van der Waals surface area contributed by atoms with Gasteiger partial charge in [-0.1, -0.05) is 13.8 Å². The molecule has 1 amide bonds. The van der Waals surface area contributed by atoms with E-state index in [1.807, 2.05) is 11.9 Å². The Bertz CT molecular complexity index is 159. The third-order valence-corrected chi connectivity index (χ3v) is 2.12.